The van der Waals surface area contributed by atoms with Crippen molar-refractivity contribution in [1.29, 1.82) is 0 Å². The number of fused-ring (bicyclic) bond motifs is 2. The highest BCUT2D eigenvalue weighted by Crippen LogP contribution is 2.33. The molecule has 17 heavy (non-hydrogen) atoms. The number of nitrogens with zero attached hydrogens (tertiary/aromatic N) is 1. The van der Waals surface area contributed by atoms with Crippen molar-refractivity contribution in [2.24, 2.45) is 0 Å². The summed E-state index contributed by atoms with van der Waals surface area (Å²) in [7, 11) is -1.10. The van der Waals surface area contributed by atoms with Gasteiger partial charge in [0.25, 0.3) is 5.91 Å². The fourth-order valence-electron chi connectivity index (χ4n) is 2.02. The second-order valence-electron chi connectivity index (χ2n) is 3.94. The molecule has 0 radical (unpaired) electrons. The molecule has 6 heteroatoms. The molecule has 0 N–H and O–H groups in total. The second kappa shape index (κ2) is 3.96. The molecule has 0 aromatic heterocycles. The molecule has 0 saturated carbocycles. The van der Waals surface area contributed by atoms with E-state index in [4.69, 9.17) is 0 Å². The first kappa shape index (κ1) is 11.0. The Morgan fingerprint density at radius 2 is 2.06 bits per heavy atom. The van der Waals surface area contributed by atoms with Crippen LogP contribution in [0.1, 0.15) is 10.4 Å². The monoisotopic (exact) mass is 267 g/mol. The van der Waals surface area contributed by atoms with Crippen LogP contribution in [-0.4, -0.2) is 37.8 Å². The van der Waals surface area contributed by atoms with Crippen molar-refractivity contribution >= 4 is 33.6 Å². The van der Waals surface area contributed by atoms with Gasteiger partial charge in [-0.05, 0) is 23.9 Å². The lowest BCUT2D eigenvalue weighted by Gasteiger charge is -2.18. The standard InChI is InChI=1S/C11H9NO3S2/c13-10-7-3-1-2-4-9(7)16-11(14)8-5-17(15)6-12(8)10/h1-4,8H,5-6H2/t8-,17?/m0/s1. The molecule has 1 fully saturated rings. The number of hydrogen-bond acceptors (Lipinski definition) is 4. The Bertz CT molecular complexity index is 543. The van der Waals surface area contributed by atoms with E-state index in [1.54, 1.807) is 24.3 Å². The molecule has 1 aromatic carbocycles. The first-order valence-corrected chi connectivity index (χ1v) is 7.44. The van der Waals surface area contributed by atoms with Crippen LogP contribution in [0.2, 0.25) is 0 Å². The lowest BCUT2D eigenvalue weighted by Crippen LogP contribution is -2.39. The van der Waals surface area contributed by atoms with Gasteiger partial charge in [-0.25, -0.2) is 0 Å². The number of carbonyl (C=O) groups is 2. The molecule has 0 spiro atoms. The molecular weight excluding hydrogens is 258 g/mol. The minimum absolute atomic E-state index is 0.0887. The van der Waals surface area contributed by atoms with Crippen molar-refractivity contribution in [3.8, 4) is 0 Å². The summed E-state index contributed by atoms with van der Waals surface area (Å²) in [6.07, 6.45) is 0. The van der Waals surface area contributed by atoms with Gasteiger partial charge in [-0.3, -0.25) is 13.8 Å². The van der Waals surface area contributed by atoms with Crippen LogP contribution in [0, 0.1) is 0 Å². The smallest absolute Gasteiger partial charge is 0.256 e. The van der Waals surface area contributed by atoms with Crippen LogP contribution in [0.4, 0.5) is 0 Å². The average Bonchev–Trinajstić information content (AvgIpc) is 2.67. The lowest BCUT2D eigenvalue weighted by atomic mass is 10.2. The van der Waals surface area contributed by atoms with Gasteiger partial charge in [0.1, 0.15) is 6.04 Å². The molecule has 2 aliphatic heterocycles. The average molecular weight is 267 g/mol. The predicted octanol–water partition coefficient (Wildman–Crippen LogP) is 0.849. The molecule has 1 unspecified atom stereocenters. The van der Waals surface area contributed by atoms with Crippen molar-refractivity contribution in [2.75, 3.05) is 11.6 Å². The first-order valence-electron chi connectivity index (χ1n) is 5.13. The zero-order valence-electron chi connectivity index (χ0n) is 8.79. The third-order valence-electron chi connectivity index (χ3n) is 2.86. The summed E-state index contributed by atoms with van der Waals surface area (Å²) in [5.41, 5.74) is 0.534. The van der Waals surface area contributed by atoms with E-state index in [-0.39, 0.29) is 22.7 Å². The topological polar surface area (TPSA) is 54.5 Å². The van der Waals surface area contributed by atoms with Crippen LogP contribution >= 0.6 is 11.8 Å². The molecule has 2 aliphatic rings. The number of amides is 1. The Morgan fingerprint density at radius 1 is 1.29 bits per heavy atom. The molecule has 1 aromatic rings. The van der Waals surface area contributed by atoms with E-state index in [0.29, 0.717) is 10.5 Å². The summed E-state index contributed by atoms with van der Waals surface area (Å²) in [6, 6.07) is 6.54. The lowest BCUT2D eigenvalue weighted by molar-refractivity contribution is -0.113. The van der Waals surface area contributed by atoms with Gasteiger partial charge in [0.15, 0.2) is 0 Å². The van der Waals surface area contributed by atoms with Crippen molar-refractivity contribution in [3.05, 3.63) is 29.8 Å². The van der Waals surface area contributed by atoms with E-state index in [1.807, 2.05) is 0 Å². The van der Waals surface area contributed by atoms with Crippen LogP contribution < -0.4 is 0 Å². The molecule has 3 rings (SSSR count). The van der Waals surface area contributed by atoms with Crippen LogP contribution in [-0.2, 0) is 15.6 Å². The highest BCUT2D eigenvalue weighted by molar-refractivity contribution is 8.14. The van der Waals surface area contributed by atoms with Crippen molar-refractivity contribution in [3.63, 3.8) is 0 Å². The number of rotatable bonds is 0. The highest BCUT2D eigenvalue weighted by Gasteiger charge is 2.41. The van der Waals surface area contributed by atoms with Gasteiger partial charge < -0.3 is 4.90 Å². The highest BCUT2D eigenvalue weighted by atomic mass is 32.2. The second-order valence-corrected chi connectivity index (χ2v) is 6.46. The first-order chi connectivity index (χ1) is 8.16. The van der Waals surface area contributed by atoms with E-state index >= 15 is 0 Å². The fraction of sp³-hybridized carbons (Fsp3) is 0.273. The van der Waals surface area contributed by atoms with Gasteiger partial charge in [-0.15, -0.1) is 0 Å². The van der Waals surface area contributed by atoms with E-state index in [1.165, 1.54) is 4.90 Å². The van der Waals surface area contributed by atoms with Gasteiger partial charge >= 0.3 is 0 Å². The fourth-order valence-corrected chi connectivity index (χ4v) is 4.50. The summed E-state index contributed by atoms with van der Waals surface area (Å²) < 4.78 is 11.5. The maximum Gasteiger partial charge on any atom is 0.256 e. The summed E-state index contributed by atoms with van der Waals surface area (Å²) in [5.74, 6) is 0.255. The van der Waals surface area contributed by atoms with Crippen LogP contribution in [0.5, 0.6) is 0 Å². The van der Waals surface area contributed by atoms with Gasteiger partial charge in [0.05, 0.1) is 17.2 Å². The van der Waals surface area contributed by atoms with Gasteiger partial charge in [0.2, 0.25) is 5.12 Å². The minimum atomic E-state index is -1.10. The molecular formula is C11H9NO3S2. The summed E-state index contributed by atoms with van der Waals surface area (Å²) in [6.45, 7) is 0. The van der Waals surface area contributed by atoms with Crippen molar-refractivity contribution < 1.29 is 13.8 Å². The summed E-state index contributed by atoms with van der Waals surface area (Å²) in [4.78, 5) is 26.4. The van der Waals surface area contributed by atoms with E-state index in [2.05, 4.69) is 0 Å². The van der Waals surface area contributed by atoms with Crippen LogP contribution in [0.15, 0.2) is 29.2 Å². The molecule has 2 atom stereocenters. The SMILES string of the molecule is O=C1Sc2ccccc2C(=O)N2CS(=O)C[C@@H]12. The van der Waals surface area contributed by atoms with E-state index in [0.717, 1.165) is 11.8 Å². The molecule has 4 nitrogen and oxygen atoms in total. The third kappa shape index (κ3) is 1.71. The molecule has 1 saturated heterocycles. The third-order valence-corrected chi connectivity index (χ3v) is 5.17. The van der Waals surface area contributed by atoms with Crippen LogP contribution in [0.25, 0.3) is 0 Å². The Labute approximate surface area is 105 Å². The molecule has 0 bridgehead atoms. The number of carbonyl (C=O) groups excluding carboxylic acids is 2. The van der Waals surface area contributed by atoms with Gasteiger partial charge in [-0.1, -0.05) is 12.1 Å². The number of thioether (sulfide) groups is 1. The summed E-state index contributed by atoms with van der Waals surface area (Å²) >= 11 is 1.08. The Hall–Kier alpha value is -1.14. The maximum atomic E-state index is 12.2. The zero-order valence-corrected chi connectivity index (χ0v) is 10.4. The minimum Gasteiger partial charge on any atom is -0.315 e. The largest absolute Gasteiger partial charge is 0.315 e. The van der Waals surface area contributed by atoms with Crippen molar-refractivity contribution in [2.45, 2.75) is 10.9 Å². The molecule has 2 heterocycles. The normalized spacial score (nSPS) is 27.6. The zero-order chi connectivity index (χ0) is 12.0. The Morgan fingerprint density at radius 3 is 2.88 bits per heavy atom. The van der Waals surface area contributed by atoms with Crippen LogP contribution in [0.3, 0.4) is 0 Å². The molecule has 1 amide bonds. The summed E-state index contributed by atoms with van der Waals surface area (Å²) in [5, 5.41) is -0.0887. The molecule has 88 valence electrons. The van der Waals surface area contributed by atoms with E-state index in [9.17, 15) is 13.8 Å². The Balaban J connectivity index is 2.11. The van der Waals surface area contributed by atoms with Gasteiger partial charge in [-0.2, -0.15) is 0 Å². The predicted molar refractivity (Wildman–Crippen MR) is 65.1 cm³/mol. The number of benzene rings is 1. The Kier molecular flexibility index (Phi) is 2.56. The number of hydrogen-bond donors (Lipinski definition) is 0. The van der Waals surface area contributed by atoms with Gasteiger partial charge in [0, 0.05) is 15.7 Å². The van der Waals surface area contributed by atoms with Crippen molar-refractivity contribution in [1.82, 2.24) is 4.90 Å². The quantitative estimate of drug-likeness (QED) is 0.699. The molecule has 0 aliphatic carbocycles. The van der Waals surface area contributed by atoms with E-state index < -0.39 is 16.8 Å². The maximum absolute atomic E-state index is 12.2.